The Kier molecular flexibility index (Phi) is 4.18. The summed E-state index contributed by atoms with van der Waals surface area (Å²) in [5.74, 6) is 0. The van der Waals surface area contributed by atoms with E-state index < -0.39 is 10.0 Å². The SMILES string of the molecule is C[C@H]1CN(S(=O)(=O)c2cc(Cl)ccc2Cl)CCO1. The van der Waals surface area contributed by atoms with Crippen LogP contribution in [0.3, 0.4) is 0 Å². The van der Waals surface area contributed by atoms with Gasteiger partial charge in [0.05, 0.1) is 17.7 Å². The van der Waals surface area contributed by atoms with Crippen LogP contribution in [0.15, 0.2) is 23.1 Å². The van der Waals surface area contributed by atoms with Gasteiger partial charge in [-0.15, -0.1) is 0 Å². The molecule has 0 saturated carbocycles. The van der Waals surface area contributed by atoms with Crippen LogP contribution < -0.4 is 0 Å². The number of nitrogens with zero attached hydrogens (tertiary/aromatic N) is 1. The molecule has 0 spiro atoms. The van der Waals surface area contributed by atoms with Crippen molar-refractivity contribution in [1.29, 1.82) is 0 Å². The van der Waals surface area contributed by atoms with E-state index in [1.54, 1.807) is 6.07 Å². The van der Waals surface area contributed by atoms with Crippen molar-refractivity contribution in [3.05, 3.63) is 28.2 Å². The van der Waals surface area contributed by atoms with Crippen molar-refractivity contribution in [3.63, 3.8) is 0 Å². The second kappa shape index (κ2) is 5.35. The van der Waals surface area contributed by atoms with Crippen LogP contribution in [0.25, 0.3) is 0 Å². The van der Waals surface area contributed by atoms with Gasteiger partial charge in [0.15, 0.2) is 0 Å². The van der Waals surface area contributed by atoms with Crippen LogP contribution in [-0.2, 0) is 14.8 Å². The van der Waals surface area contributed by atoms with Crippen molar-refractivity contribution in [3.8, 4) is 0 Å². The minimum atomic E-state index is -3.61. The lowest BCUT2D eigenvalue weighted by Crippen LogP contribution is -2.44. The molecule has 0 radical (unpaired) electrons. The summed E-state index contributed by atoms with van der Waals surface area (Å²) in [6.07, 6.45) is -0.119. The maximum absolute atomic E-state index is 12.4. The van der Waals surface area contributed by atoms with Crippen LogP contribution in [0.2, 0.25) is 10.0 Å². The monoisotopic (exact) mass is 309 g/mol. The molecule has 1 fully saturated rings. The smallest absolute Gasteiger partial charge is 0.244 e. The van der Waals surface area contributed by atoms with Gasteiger partial charge in [0.2, 0.25) is 10.0 Å². The first-order valence-electron chi connectivity index (χ1n) is 5.48. The van der Waals surface area contributed by atoms with Crippen LogP contribution in [0.1, 0.15) is 6.92 Å². The maximum Gasteiger partial charge on any atom is 0.244 e. The lowest BCUT2D eigenvalue weighted by Gasteiger charge is -2.30. The third-order valence-corrected chi connectivity index (χ3v) is 5.30. The van der Waals surface area contributed by atoms with Crippen LogP contribution in [0.4, 0.5) is 0 Å². The Labute approximate surface area is 116 Å². The van der Waals surface area contributed by atoms with E-state index in [2.05, 4.69) is 0 Å². The average molecular weight is 310 g/mol. The number of rotatable bonds is 2. The summed E-state index contributed by atoms with van der Waals surface area (Å²) in [6.45, 7) is 2.88. The van der Waals surface area contributed by atoms with E-state index in [4.69, 9.17) is 27.9 Å². The highest BCUT2D eigenvalue weighted by Gasteiger charge is 2.30. The van der Waals surface area contributed by atoms with Crippen molar-refractivity contribution in [2.75, 3.05) is 19.7 Å². The van der Waals surface area contributed by atoms with Crippen molar-refractivity contribution < 1.29 is 13.2 Å². The van der Waals surface area contributed by atoms with Gasteiger partial charge in [0.25, 0.3) is 0 Å². The van der Waals surface area contributed by atoms with E-state index >= 15 is 0 Å². The summed E-state index contributed by atoms with van der Waals surface area (Å²) in [5.41, 5.74) is 0. The average Bonchev–Trinajstić information content (AvgIpc) is 2.32. The van der Waals surface area contributed by atoms with E-state index in [0.717, 1.165) is 0 Å². The molecule has 0 unspecified atom stereocenters. The van der Waals surface area contributed by atoms with Crippen molar-refractivity contribution in [2.45, 2.75) is 17.9 Å². The molecule has 0 bridgehead atoms. The molecule has 7 heteroatoms. The first-order chi connectivity index (χ1) is 8.41. The predicted molar refractivity (Wildman–Crippen MR) is 70.6 cm³/mol. The number of halogens is 2. The highest BCUT2D eigenvalue weighted by atomic mass is 35.5. The molecule has 0 aromatic heterocycles. The van der Waals surface area contributed by atoms with Gasteiger partial charge in [-0.3, -0.25) is 0 Å². The standard InChI is InChI=1S/C11H13Cl2NO3S/c1-8-7-14(4-5-17-8)18(15,16)11-6-9(12)2-3-10(11)13/h2-3,6,8H,4-5,7H2,1H3/t8-/m0/s1. The molecule has 1 aliphatic rings. The molecule has 0 aliphatic carbocycles. The summed E-state index contributed by atoms with van der Waals surface area (Å²) < 4.78 is 31.6. The van der Waals surface area contributed by atoms with Crippen LogP contribution in [0, 0.1) is 0 Å². The first-order valence-corrected chi connectivity index (χ1v) is 7.67. The lowest BCUT2D eigenvalue weighted by atomic mass is 10.3. The van der Waals surface area contributed by atoms with E-state index in [1.807, 2.05) is 6.92 Å². The minimum absolute atomic E-state index is 0.0470. The molecule has 0 N–H and O–H groups in total. The predicted octanol–water partition coefficient (Wildman–Crippen LogP) is 2.40. The zero-order chi connectivity index (χ0) is 13.3. The van der Waals surface area contributed by atoms with Gasteiger partial charge in [-0.2, -0.15) is 4.31 Å². The summed E-state index contributed by atoms with van der Waals surface area (Å²) >= 11 is 11.8. The Hall–Kier alpha value is -0.330. The Balaban J connectivity index is 2.38. The largest absolute Gasteiger partial charge is 0.376 e. The molecule has 100 valence electrons. The molecule has 2 rings (SSSR count). The summed E-state index contributed by atoms with van der Waals surface area (Å²) in [6, 6.07) is 4.42. The highest BCUT2D eigenvalue weighted by molar-refractivity contribution is 7.89. The molecule has 1 saturated heterocycles. The molecule has 0 amide bonds. The molecule has 1 aliphatic heterocycles. The molecule has 1 aromatic carbocycles. The quantitative estimate of drug-likeness (QED) is 0.843. The van der Waals surface area contributed by atoms with Crippen molar-refractivity contribution in [1.82, 2.24) is 4.31 Å². The number of morpholine rings is 1. The second-order valence-corrected chi connectivity index (χ2v) is 6.87. The number of sulfonamides is 1. The highest BCUT2D eigenvalue weighted by Crippen LogP contribution is 2.28. The van der Waals surface area contributed by atoms with Crippen LogP contribution in [-0.4, -0.2) is 38.5 Å². The van der Waals surface area contributed by atoms with Crippen LogP contribution >= 0.6 is 23.2 Å². The van der Waals surface area contributed by atoms with E-state index in [1.165, 1.54) is 16.4 Å². The van der Waals surface area contributed by atoms with Gasteiger partial charge in [0.1, 0.15) is 4.90 Å². The number of hydrogen-bond acceptors (Lipinski definition) is 3. The second-order valence-electron chi connectivity index (χ2n) is 4.12. The normalized spacial score (nSPS) is 22.1. The van der Waals surface area contributed by atoms with Gasteiger partial charge in [-0.1, -0.05) is 23.2 Å². The maximum atomic E-state index is 12.4. The fourth-order valence-electron chi connectivity index (χ4n) is 1.82. The van der Waals surface area contributed by atoms with E-state index in [9.17, 15) is 8.42 Å². The first kappa shape index (κ1) is 14.1. The zero-order valence-electron chi connectivity index (χ0n) is 9.77. The zero-order valence-corrected chi connectivity index (χ0v) is 12.1. The fourth-order valence-corrected chi connectivity index (χ4v) is 4.06. The third kappa shape index (κ3) is 2.81. The Morgan fingerprint density at radius 1 is 1.39 bits per heavy atom. The number of benzene rings is 1. The van der Waals surface area contributed by atoms with E-state index in [0.29, 0.717) is 24.7 Å². The Morgan fingerprint density at radius 3 is 2.78 bits per heavy atom. The fraction of sp³-hybridized carbons (Fsp3) is 0.455. The summed E-state index contributed by atoms with van der Waals surface area (Å²) in [7, 11) is -3.61. The number of ether oxygens (including phenoxy) is 1. The molecular weight excluding hydrogens is 297 g/mol. The lowest BCUT2D eigenvalue weighted by molar-refractivity contribution is 0.0102. The van der Waals surface area contributed by atoms with Gasteiger partial charge in [-0.25, -0.2) is 8.42 Å². The van der Waals surface area contributed by atoms with E-state index in [-0.39, 0.29) is 16.0 Å². The topological polar surface area (TPSA) is 46.6 Å². The van der Waals surface area contributed by atoms with Gasteiger partial charge >= 0.3 is 0 Å². The molecular formula is C11H13Cl2NO3S. The van der Waals surface area contributed by atoms with Crippen molar-refractivity contribution >= 4 is 33.2 Å². The Morgan fingerprint density at radius 2 is 2.11 bits per heavy atom. The summed E-state index contributed by atoms with van der Waals surface area (Å²) in [4.78, 5) is 0.0470. The van der Waals surface area contributed by atoms with Gasteiger partial charge in [-0.05, 0) is 25.1 Å². The molecule has 1 atom stereocenters. The number of hydrogen-bond donors (Lipinski definition) is 0. The third-order valence-electron chi connectivity index (χ3n) is 2.71. The molecule has 1 heterocycles. The summed E-state index contributed by atoms with van der Waals surface area (Å²) in [5, 5.41) is 0.526. The molecule has 4 nitrogen and oxygen atoms in total. The Bertz CT molecular complexity index is 547. The molecule has 18 heavy (non-hydrogen) atoms. The van der Waals surface area contributed by atoms with Gasteiger partial charge < -0.3 is 4.74 Å². The minimum Gasteiger partial charge on any atom is -0.376 e. The van der Waals surface area contributed by atoms with Crippen molar-refractivity contribution in [2.24, 2.45) is 0 Å². The van der Waals surface area contributed by atoms with Crippen LogP contribution in [0.5, 0.6) is 0 Å². The van der Waals surface area contributed by atoms with Gasteiger partial charge in [0, 0.05) is 18.1 Å². The molecule has 1 aromatic rings.